The topological polar surface area (TPSA) is 49.4 Å². The summed E-state index contributed by atoms with van der Waals surface area (Å²) in [7, 11) is 0. The fraction of sp³-hybridized carbons (Fsp3) is 0.571. The maximum Gasteiger partial charge on any atom is 0.263 e. The maximum absolute atomic E-state index is 12.3. The monoisotopic (exact) mass is 278 g/mol. The van der Waals surface area contributed by atoms with E-state index in [1.165, 1.54) is 11.3 Å². The van der Waals surface area contributed by atoms with Crippen molar-refractivity contribution in [3.63, 3.8) is 0 Å². The number of carbonyl (C=O) groups excluding carboxylic acids is 2. The standard InChI is InChI=1S/C14H18N2O2S/c17-13(15-11-5-6-11)10-3-1-7-16(9-10)14(18)12-4-2-8-19-12/h2,4,8,10-11H,1,3,5-7,9H2,(H,15,17)/t10-/m0/s1. The van der Waals surface area contributed by atoms with Crippen LogP contribution in [0.1, 0.15) is 35.4 Å². The summed E-state index contributed by atoms with van der Waals surface area (Å²) in [5.74, 6) is 0.170. The summed E-state index contributed by atoms with van der Waals surface area (Å²) in [4.78, 5) is 26.9. The molecule has 2 amide bonds. The number of rotatable bonds is 3. The molecule has 1 aromatic heterocycles. The van der Waals surface area contributed by atoms with Gasteiger partial charge < -0.3 is 10.2 Å². The first-order valence-electron chi connectivity index (χ1n) is 6.87. The second-order valence-electron chi connectivity index (χ2n) is 5.35. The van der Waals surface area contributed by atoms with Crippen molar-refractivity contribution in [3.8, 4) is 0 Å². The van der Waals surface area contributed by atoms with Crippen molar-refractivity contribution in [1.29, 1.82) is 0 Å². The van der Waals surface area contributed by atoms with Crippen molar-refractivity contribution in [2.75, 3.05) is 13.1 Å². The molecule has 3 rings (SSSR count). The molecule has 2 heterocycles. The van der Waals surface area contributed by atoms with Gasteiger partial charge in [-0.25, -0.2) is 0 Å². The number of likely N-dealkylation sites (tertiary alicyclic amines) is 1. The molecule has 4 nitrogen and oxygen atoms in total. The first-order chi connectivity index (χ1) is 9.24. The minimum Gasteiger partial charge on any atom is -0.353 e. The van der Waals surface area contributed by atoms with E-state index in [1.807, 2.05) is 22.4 Å². The molecule has 2 fully saturated rings. The van der Waals surface area contributed by atoms with Crippen LogP contribution in [-0.2, 0) is 4.79 Å². The summed E-state index contributed by atoms with van der Waals surface area (Å²) in [5.41, 5.74) is 0. The van der Waals surface area contributed by atoms with E-state index in [-0.39, 0.29) is 17.7 Å². The van der Waals surface area contributed by atoms with Gasteiger partial charge in [-0.3, -0.25) is 9.59 Å². The third kappa shape index (κ3) is 2.97. The number of hydrogen-bond donors (Lipinski definition) is 1. The molecule has 0 spiro atoms. The van der Waals surface area contributed by atoms with E-state index < -0.39 is 0 Å². The molecule has 1 N–H and O–H groups in total. The normalized spacial score (nSPS) is 23.2. The van der Waals surface area contributed by atoms with Crippen LogP contribution in [0.15, 0.2) is 17.5 Å². The second kappa shape index (κ2) is 5.33. The Hall–Kier alpha value is -1.36. The third-order valence-corrected chi connectivity index (χ3v) is 4.59. The molecular formula is C14H18N2O2S. The van der Waals surface area contributed by atoms with Gasteiger partial charge in [-0.15, -0.1) is 11.3 Å². The Balaban J connectivity index is 1.60. The number of piperidine rings is 1. The molecule has 1 aromatic rings. The quantitative estimate of drug-likeness (QED) is 0.917. The molecule has 1 aliphatic carbocycles. The zero-order valence-corrected chi connectivity index (χ0v) is 11.6. The predicted octanol–water partition coefficient (Wildman–Crippen LogP) is 1.88. The molecule has 1 aliphatic heterocycles. The van der Waals surface area contributed by atoms with Crippen molar-refractivity contribution >= 4 is 23.2 Å². The van der Waals surface area contributed by atoms with Gasteiger partial charge in [0, 0.05) is 19.1 Å². The zero-order chi connectivity index (χ0) is 13.2. The minimum atomic E-state index is -0.0294. The SMILES string of the molecule is O=C(NC1CC1)[C@H]1CCCN(C(=O)c2cccs2)C1. The fourth-order valence-electron chi connectivity index (χ4n) is 2.48. The number of nitrogens with zero attached hydrogens (tertiary/aromatic N) is 1. The Morgan fingerprint density at radius 2 is 2.16 bits per heavy atom. The van der Waals surface area contributed by atoms with Gasteiger partial charge in [-0.05, 0) is 37.1 Å². The molecule has 1 atom stereocenters. The Morgan fingerprint density at radius 1 is 1.32 bits per heavy atom. The Labute approximate surface area is 116 Å². The average Bonchev–Trinajstić information content (AvgIpc) is 3.08. The molecule has 2 aliphatic rings. The van der Waals surface area contributed by atoms with Crippen molar-refractivity contribution in [2.45, 2.75) is 31.7 Å². The zero-order valence-electron chi connectivity index (χ0n) is 10.8. The highest BCUT2D eigenvalue weighted by Crippen LogP contribution is 2.23. The van der Waals surface area contributed by atoms with Crippen LogP contribution in [0.25, 0.3) is 0 Å². The number of nitrogens with one attached hydrogen (secondary N) is 1. The highest BCUT2D eigenvalue weighted by molar-refractivity contribution is 7.12. The molecule has 0 bridgehead atoms. The summed E-state index contributed by atoms with van der Waals surface area (Å²) in [6, 6.07) is 4.14. The second-order valence-corrected chi connectivity index (χ2v) is 6.30. The average molecular weight is 278 g/mol. The molecule has 5 heteroatoms. The number of hydrogen-bond acceptors (Lipinski definition) is 3. The summed E-state index contributed by atoms with van der Waals surface area (Å²) < 4.78 is 0. The molecule has 19 heavy (non-hydrogen) atoms. The van der Waals surface area contributed by atoms with Crippen LogP contribution in [-0.4, -0.2) is 35.8 Å². The van der Waals surface area contributed by atoms with Gasteiger partial charge in [0.1, 0.15) is 0 Å². The highest BCUT2D eigenvalue weighted by Gasteiger charge is 2.32. The molecular weight excluding hydrogens is 260 g/mol. The van der Waals surface area contributed by atoms with E-state index in [4.69, 9.17) is 0 Å². The van der Waals surface area contributed by atoms with Gasteiger partial charge in [-0.2, -0.15) is 0 Å². The maximum atomic E-state index is 12.3. The molecule has 102 valence electrons. The fourth-order valence-corrected chi connectivity index (χ4v) is 3.17. The Morgan fingerprint density at radius 3 is 2.84 bits per heavy atom. The van der Waals surface area contributed by atoms with Crippen LogP contribution in [0, 0.1) is 5.92 Å². The summed E-state index contributed by atoms with van der Waals surface area (Å²) in [5, 5.41) is 4.95. The largest absolute Gasteiger partial charge is 0.353 e. The first kappa shape index (κ1) is 12.7. The van der Waals surface area contributed by atoms with Crippen LogP contribution >= 0.6 is 11.3 Å². The molecule has 0 radical (unpaired) electrons. The van der Waals surface area contributed by atoms with Crippen LogP contribution in [0.3, 0.4) is 0 Å². The smallest absolute Gasteiger partial charge is 0.263 e. The molecule has 0 unspecified atom stereocenters. The van der Waals surface area contributed by atoms with Crippen molar-refractivity contribution in [1.82, 2.24) is 10.2 Å². The molecule has 0 aromatic carbocycles. The third-order valence-electron chi connectivity index (χ3n) is 3.74. The minimum absolute atomic E-state index is 0.0294. The highest BCUT2D eigenvalue weighted by atomic mass is 32.1. The van der Waals surface area contributed by atoms with E-state index >= 15 is 0 Å². The van der Waals surface area contributed by atoms with E-state index in [0.29, 0.717) is 12.6 Å². The van der Waals surface area contributed by atoms with Gasteiger partial charge in [-0.1, -0.05) is 6.07 Å². The van der Waals surface area contributed by atoms with Crippen LogP contribution in [0.4, 0.5) is 0 Å². The van der Waals surface area contributed by atoms with Crippen LogP contribution < -0.4 is 5.32 Å². The summed E-state index contributed by atoms with van der Waals surface area (Å²) in [6.07, 6.45) is 4.03. The lowest BCUT2D eigenvalue weighted by Crippen LogP contribution is -2.45. The lowest BCUT2D eigenvalue weighted by atomic mass is 9.97. The van der Waals surface area contributed by atoms with Gasteiger partial charge in [0.25, 0.3) is 5.91 Å². The van der Waals surface area contributed by atoms with Crippen molar-refractivity contribution in [2.24, 2.45) is 5.92 Å². The summed E-state index contributed by atoms with van der Waals surface area (Å²) >= 11 is 1.46. The van der Waals surface area contributed by atoms with Crippen molar-refractivity contribution < 1.29 is 9.59 Å². The Bertz CT molecular complexity index is 468. The van der Waals surface area contributed by atoms with Crippen LogP contribution in [0.5, 0.6) is 0 Å². The van der Waals surface area contributed by atoms with Crippen LogP contribution in [0.2, 0.25) is 0 Å². The van der Waals surface area contributed by atoms with E-state index in [0.717, 1.165) is 37.1 Å². The number of carbonyl (C=O) groups is 2. The van der Waals surface area contributed by atoms with E-state index in [2.05, 4.69) is 5.32 Å². The van der Waals surface area contributed by atoms with E-state index in [9.17, 15) is 9.59 Å². The van der Waals surface area contributed by atoms with Gasteiger partial charge in [0.05, 0.1) is 10.8 Å². The number of amides is 2. The lowest BCUT2D eigenvalue weighted by molar-refractivity contribution is -0.126. The Kier molecular flexibility index (Phi) is 3.55. The van der Waals surface area contributed by atoms with Gasteiger partial charge in [0.15, 0.2) is 0 Å². The first-order valence-corrected chi connectivity index (χ1v) is 7.75. The number of thiophene rings is 1. The van der Waals surface area contributed by atoms with E-state index in [1.54, 1.807) is 0 Å². The summed E-state index contributed by atoms with van der Waals surface area (Å²) in [6.45, 7) is 1.33. The molecule has 1 saturated heterocycles. The van der Waals surface area contributed by atoms with Gasteiger partial charge >= 0.3 is 0 Å². The predicted molar refractivity (Wildman–Crippen MR) is 74.1 cm³/mol. The lowest BCUT2D eigenvalue weighted by Gasteiger charge is -2.31. The molecule has 1 saturated carbocycles. The van der Waals surface area contributed by atoms with Gasteiger partial charge in [0.2, 0.25) is 5.91 Å². The van der Waals surface area contributed by atoms with Crippen molar-refractivity contribution in [3.05, 3.63) is 22.4 Å².